The molecule has 0 N–H and O–H groups in total. The van der Waals surface area contributed by atoms with Gasteiger partial charge in [0.1, 0.15) is 12.4 Å². The topological polar surface area (TPSA) is 26.3 Å². The van der Waals surface area contributed by atoms with E-state index in [1.54, 1.807) is 12.2 Å². The van der Waals surface area contributed by atoms with Crippen molar-refractivity contribution in [3.8, 4) is 16.9 Å². The molecule has 21 heavy (non-hydrogen) atoms. The summed E-state index contributed by atoms with van der Waals surface area (Å²) in [6, 6.07) is 13.9. The van der Waals surface area contributed by atoms with Crippen LogP contribution in [0, 0.1) is 0 Å². The van der Waals surface area contributed by atoms with Crippen LogP contribution in [-0.2, 0) is 6.42 Å². The van der Waals surface area contributed by atoms with Gasteiger partial charge in [-0.05, 0) is 35.2 Å². The molecule has 0 aliphatic carbocycles. The molecule has 0 atom stereocenters. The van der Waals surface area contributed by atoms with Crippen LogP contribution in [0.4, 0.5) is 0 Å². The molecule has 0 radical (unpaired) electrons. The second-order valence-electron chi connectivity index (χ2n) is 4.63. The normalized spacial score (nSPS) is 9.90. The van der Waals surface area contributed by atoms with Gasteiger partial charge in [0, 0.05) is 0 Å². The zero-order valence-corrected chi connectivity index (χ0v) is 11.9. The van der Waals surface area contributed by atoms with Gasteiger partial charge in [-0.1, -0.05) is 49.1 Å². The van der Waals surface area contributed by atoms with Gasteiger partial charge >= 0.3 is 0 Å². The van der Waals surface area contributed by atoms with Crippen LogP contribution in [-0.4, -0.2) is 12.9 Å². The zero-order valence-electron chi connectivity index (χ0n) is 11.9. The van der Waals surface area contributed by atoms with Gasteiger partial charge in [0.25, 0.3) is 0 Å². The molecule has 0 saturated carbocycles. The number of benzene rings is 2. The van der Waals surface area contributed by atoms with Crippen LogP contribution in [0.5, 0.6) is 5.75 Å². The maximum atomic E-state index is 11.4. The average molecular weight is 278 g/mol. The zero-order chi connectivity index (χ0) is 15.1. The summed E-state index contributed by atoms with van der Waals surface area (Å²) >= 11 is 0. The summed E-state index contributed by atoms with van der Waals surface area (Å²) in [6.45, 7) is 7.78. The number of aldehydes is 1. The Balaban J connectivity index is 2.55. The number of hydrogen-bond acceptors (Lipinski definition) is 2. The van der Waals surface area contributed by atoms with Gasteiger partial charge < -0.3 is 4.74 Å². The Hall–Kier alpha value is -2.61. The quantitative estimate of drug-likeness (QED) is 0.552. The highest BCUT2D eigenvalue weighted by Gasteiger charge is 2.12. The molecule has 0 spiro atoms. The van der Waals surface area contributed by atoms with Gasteiger partial charge in [-0.15, -0.1) is 6.58 Å². The minimum atomic E-state index is 0.371. The molecule has 2 rings (SSSR count). The maximum Gasteiger partial charge on any atom is 0.153 e. The number of hydrogen-bond donors (Lipinski definition) is 0. The molecule has 0 heterocycles. The molecule has 2 nitrogen and oxygen atoms in total. The molecular weight excluding hydrogens is 260 g/mol. The maximum absolute atomic E-state index is 11.4. The van der Waals surface area contributed by atoms with Gasteiger partial charge in [0.05, 0.1) is 5.56 Å². The minimum absolute atomic E-state index is 0.371. The van der Waals surface area contributed by atoms with Crippen molar-refractivity contribution in [3.63, 3.8) is 0 Å². The number of carbonyl (C=O) groups excluding carboxylic acids is 1. The highest BCUT2D eigenvalue weighted by atomic mass is 16.5. The molecule has 0 aromatic heterocycles. The van der Waals surface area contributed by atoms with Crippen molar-refractivity contribution >= 4 is 6.29 Å². The van der Waals surface area contributed by atoms with E-state index < -0.39 is 0 Å². The first kappa shape index (κ1) is 14.8. The molecule has 106 valence electrons. The molecule has 0 saturated heterocycles. The molecule has 0 unspecified atom stereocenters. The van der Waals surface area contributed by atoms with Gasteiger partial charge in [0.2, 0.25) is 0 Å². The standard InChI is InChI=1S/C19H18O2/c1-3-8-16-12-17(15-9-6-5-7-10-15)13-18(14-20)19(16)21-11-4-2/h3-7,9-10,12-14H,1-2,8,11H2. The van der Waals surface area contributed by atoms with Crippen LogP contribution < -0.4 is 4.74 Å². The first-order valence-corrected chi connectivity index (χ1v) is 6.82. The number of allylic oxidation sites excluding steroid dienone is 1. The highest BCUT2D eigenvalue weighted by molar-refractivity contribution is 5.84. The summed E-state index contributed by atoms with van der Waals surface area (Å²) in [5.74, 6) is 0.615. The SMILES string of the molecule is C=CCOc1c(C=O)cc(-c2ccccc2)cc1CC=C. The largest absolute Gasteiger partial charge is 0.488 e. The van der Waals surface area contributed by atoms with E-state index in [4.69, 9.17) is 4.74 Å². The number of carbonyl (C=O) groups is 1. The van der Waals surface area contributed by atoms with E-state index in [9.17, 15) is 4.79 Å². The molecule has 0 aliphatic heterocycles. The Labute approximate surface area is 125 Å². The van der Waals surface area contributed by atoms with Crippen LogP contribution in [0.2, 0.25) is 0 Å². The third-order valence-corrected chi connectivity index (χ3v) is 3.14. The van der Waals surface area contributed by atoms with Crippen molar-refractivity contribution in [1.29, 1.82) is 0 Å². The van der Waals surface area contributed by atoms with Crippen LogP contribution in [0.1, 0.15) is 15.9 Å². The van der Waals surface area contributed by atoms with E-state index in [-0.39, 0.29) is 0 Å². The lowest BCUT2D eigenvalue weighted by molar-refractivity contribution is 0.112. The third-order valence-electron chi connectivity index (χ3n) is 3.14. The lowest BCUT2D eigenvalue weighted by Gasteiger charge is -2.14. The molecule has 2 heteroatoms. The molecule has 0 amide bonds. The van der Waals surface area contributed by atoms with Crippen molar-refractivity contribution < 1.29 is 9.53 Å². The molecular formula is C19H18O2. The Morgan fingerprint density at radius 2 is 1.76 bits per heavy atom. The lowest BCUT2D eigenvalue weighted by Crippen LogP contribution is -2.02. The van der Waals surface area contributed by atoms with E-state index in [2.05, 4.69) is 13.2 Å². The summed E-state index contributed by atoms with van der Waals surface area (Å²) in [5.41, 5.74) is 3.58. The van der Waals surface area contributed by atoms with E-state index >= 15 is 0 Å². The fourth-order valence-electron chi connectivity index (χ4n) is 2.22. The predicted molar refractivity (Wildman–Crippen MR) is 86.9 cm³/mol. The van der Waals surface area contributed by atoms with E-state index in [1.807, 2.05) is 42.5 Å². The minimum Gasteiger partial charge on any atom is -0.488 e. The third kappa shape index (κ3) is 3.48. The molecule has 0 fully saturated rings. The van der Waals surface area contributed by atoms with E-state index in [0.29, 0.717) is 24.3 Å². The highest BCUT2D eigenvalue weighted by Crippen LogP contribution is 2.31. The molecule has 0 aliphatic rings. The number of ether oxygens (including phenoxy) is 1. The van der Waals surface area contributed by atoms with Gasteiger partial charge in [-0.2, -0.15) is 0 Å². The second kappa shape index (κ2) is 7.25. The fraction of sp³-hybridized carbons (Fsp3) is 0.105. The molecule has 2 aromatic rings. The van der Waals surface area contributed by atoms with Crippen LogP contribution in [0.25, 0.3) is 11.1 Å². The summed E-state index contributed by atoms with van der Waals surface area (Å²) < 4.78 is 5.65. The van der Waals surface area contributed by atoms with Crippen LogP contribution in [0.15, 0.2) is 67.8 Å². The summed E-state index contributed by atoms with van der Waals surface area (Å²) in [4.78, 5) is 11.4. The Morgan fingerprint density at radius 3 is 2.38 bits per heavy atom. The van der Waals surface area contributed by atoms with E-state index in [1.165, 1.54) is 0 Å². The Morgan fingerprint density at radius 1 is 1.00 bits per heavy atom. The van der Waals surface area contributed by atoms with Crippen molar-refractivity contribution in [2.75, 3.05) is 6.61 Å². The Kier molecular flexibility index (Phi) is 5.10. The average Bonchev–Trinajstić information content (AvgIpc) is 2.54. The van der Waals surface area contributed by atoms with Crippen LogP contribution >= 0.6 is 0 Å². The van der Waals surface area contributed by atoms with Crippen LogP contribution in [0.3, 0.4) is 0 Å². The van der Waals surface area contributed by atoms with Crippen molar-refractivity contribution in [3.05, 3.63) is 78.9 Å². The summed E-state index contributed by atoms with van der Waals surface area (Å²) in [7, 11) is 0. The predicted octanol–water partition coefficient (Wildman–Crippen LogP) is 4.46. The summed E-state index contributed by atoms with van der Waals surface area (Å²) in [6.07, 6.45) is 4.95. The fourth-order valence-corrected chi connectivity index (χ4v) is 2.22. The Bertz CT molecular complexity index is 642. The molecule has 0 bridgehead atoms. The number of rotatable bonds is 7. The summed E-state index contributed by atoms with van der Waals surface area (Å²) in [5, 5.41) is 0. The monoisotopic (exact) mass is 278 g/mol. The van der Waals surface area contributed by atoms with Crippen molar-refractivity contribution in [1.82, 2.24) is 0 Å². The van der Waals surface area contributed by atoms with E-state index in [0.717, 1.165) is 23.0 Å². The smallest absolute Gasteiger partial charge is 0.153 e. The first-order valence-electron chi connectivity index (χ1n) is 6.82. The first-order chi connectivity index (χ1) is 10.3. The lowest BCUT2D eigenvalue weighted by atomic mass is 9.97. The molecule has 2 aromatic carbocycles. The van der Waals surface area contributed by atoms with Gasteiger partial charge in [0.15, 0.2) is 6.29 Å². The van der Waals surface area contributed by atoms with Crippen molar-refractivity contribution in [2.45, 2.75) is 6.42 Å². The van der Waals surface area contributed by atoms with Gasteiger partial charge in [-0.3, -0.25) is 4.79 Å². The second-order valence-corrected chi connectivity index (χ2v) is 4.63. The van der Waals surface area contributed by atoms with Gasteiger partial charge in [-0.25, -0.2) is 0 Å². The van der Waals surface area contributed by atoms with Crippen molar-refractivity contribution in [2.24, 2.45) is 0 Å².